The molecular formula is C47H86S2Sn2. The molecule has 0 saturated heterocycles. The van der Waals surface area contributed by atoms with Gasteiger partial charge in [0.1, 0.15) is 0 Å². The number of unbranched alkanes of at least 4 members (excludes halogenated alkanes) is 26. The minimum absolute atomic E-state index is 0.302. The summed E-state index contributed by atoms with van der Waals surface area (Å²) in [5.74, 6) is 0. The van der Waals surface area contributed by atoms with Crippen molar-refractivity contribution in [3.05, 3.63) is 23.3 Å². The molecule has 0 radical (unpaired) electrons. The van der Waals surface area contributed by atoms with Gasteiger partial charge in [-0.2, -0.15) is 0 Å². The van der Waals surface area contributed by atoms with E-state index < -0.39 is 36.8 Å². The minimum atomic E-state index is -2.16. The average Bonchev–Trinajstić information content (AvgIpc) is 3.78. The molecule has 4 heteroatoms. The molecular weight excluding hydrogens is 866 g/mol. The normalized spacial score (nSPS) is 14.0. The monoisotopic (exact) mass is 954 g/mol. The van der Waals surface area contributed by atoms with Gasteiger partial charge in [0.25, 0.3) is 0 Å². The molecule has 0 amide bonds. The summed E-state index contributed by atoms with van der Waals surface area (Å²) in [7, 11) is 0. The molecule has 0 unspecified atom stereocenters. The van der Waals surface area contributed by atoms with Gasteiger partial charge in [-0.3, -0.25) is 0 Å². The van der Waals surface area contributed by atoms with Gasteiger partial charge >= 0.3 is 236 Å². The zero-order valence-electron chi connectivity index (χ0n) is 35.7. The van der Waals surface area contributed by atoms with Gasteiger partial charge in [-0.15, -0.1) is 0 Å². The summed E-state index contributed by atoms with van der Waals surface area (Å²) in [5.41, 5.74) is 3.90. The fraction of sp³-hybridized carbons (Fsp3) is 0.830. The number of thiophene rings is 2. The van der Waals surface area contributed by atoms with Crippen LogP contribution in [0.3, 0.4) is 0 Å². The Morgan fingerprint density at radius 1 is 0.373 bits per heavy atom. The molecule has 0 bridgehead atoms. The van der Waals surface area contributed by atoms with Gasteiger partial charge in [-0.25, -0.2) is 0 Å². The average molecular weight is 953 g/mol. The van der Waals surface area contributed by atoms with E-state index in [1.165, 1.54) is 193 Å². The Kier molecular flexibility index (Phi) is 23.0. The van der Waals surface area contributed by atoms with Crippen LogP contribution in [0.15, 0.2) is 12.1 Å². The van der Waals surface area contributed by atoms with Gasteiger partial charge in [0, 0.05) is 0 Å². The van der Waals surface area contributed by atoms with Crippen LogP contribution in [0.5, 0.6) is 0 Å². The van der Waals surface area contributed by atoms with E-state index in [4.69, 9.17) is 0 Å². The summed E-state index contributed by atoms with van der Waals surface area (Å²) in [6.07, 6.45) is 43.4. The van der Waals surface area contributed by atoms with Crippen molar-refractivity contribution in [2.75, 3.05) is 0 Å². The Hall–Kier alpha value is 0.997. The third kappa shape index (κ3) is 16.2. The Morgan fingerprint density at radius 3 is 0.843 bits per heavy atom. The van der Waals surface area contributed by atoms with Crippen molar-refractivity contribution in [3.63, 3.8) is 0 Å². The SMILES string of the molecule is CCCCCCCCCCCCCCCCC1(CCCCCCCCCCCCCCCC)c2c[c]([Sn]([CH3])([CH3])[CH3])sc2-c2s[c]([Sn]([CH3])([CH3])[CH3])cc21. The number of hydrogen-bond donors (Lipinski definition) is 0. The molecule has 0 spiro atoms. The van der Waals surface area contributed by atoms with Crippen molar-refractivity contribution < 1.29 is 0 Å². The molecule has 2 aromatic heterocycles. The van der Waals surface area contributed by atoms with Crippen LogP contribution in [0.4, 0.5) is 0 Å². The van der Waals surface area contributed by atoms with Crippen molar-refractivity contribution in [3.8, 4) is 9.75 Å². The van der Waals surface area contributed by atoms with E-state index >= 15 is 0 Å². The van der Waals surface area contributed by atoms with E-state index in [1.54, 1.807) is 20.9 Å². The molecule has 0 aromatic carbocycles. The molecule has 2 aromatic rings. The Labute approximate surface area is 336 Å². The van der Waals surface area contributed by atoms with Crippen LogP contribution in [0, 0.1) is 0 Å². The zero-order valence-corrected chi connectivity index (χ0v) is 43.0. The van der Waals surface area contributed by atoms with Crippen molar-refractivity contribution in [2.24, 2.45) is 0 Å². The molecule has 2 heterocycles. The second-order valence-electron chi connectivity index (χ2n) is 19.0. The molecule has 0 aliphatic heterocycles. The summed E-state index contributed by atoms with van der Waals surface area (Å²) < 4.78 is 3.64. The quantitative estimate of drug-likeness (QED) is 0.0506. The van der Waals surface area contributed by atoms with Crippen molar-refractivity contribution in [2.45, 2.75) is 242 Å². The first-order valence-corrected chi connectivity index (χ1v) is 44.5. The predicted octanol–water partition coefficient (Wildman–Crippen LogP) is 16.9. The van der Waals surface area contributed by atoms with E-state index in [9.17, 15) is 0 Å². The molecule has 3 rings (SSSR count). The van der Waals surface area contributed by atoms with Crippen molar-refractivity contribution in [1.82, 2.24) is 0 Å². The summed E-state index contributed by atoms with van der Waals surface area (Å²) in [6.45, 7) is 4.64. The van der Waals surface area contributed by atoms with Gasteiger partial charge in [0.15, 0.2) is 0 Å². The van der Waals surface area contributed by atoms with Crippen LogP contribution < -0.4 is 5.79 Å². The first-order valence-electron chi connectivity index (χ1n) is 22.8. The Morgan fingerprint density at radius 2 is 0.608 bits per heavy atom. The van der Waals surface area contributed by atoms with Crippen molar-refractivity contribution in [1.29, 1.82) is 0 Å². The maximum absolute atomic E-state index is 2.80. The van der Waals surface area contributed by atoms with Crippen LogP contribution >= 0.6 is 22.7 Å². The fourth-order valence-corrected chi connectivity index (χ4v) is 21.7. The van der Waals surface area contributed by atoms with Crippen LogP contribution in [-0.2, 0) is 5.41 Å². The molecule has 1 aliphatic rings. The summed E-state index contributed by atoms with van der Waals surface area (Å²) in [4.78, 5) is 19.3. The van der Waals surface area contributed by atoms with Crippen LogP contribution in [0.25, 0.3) is 9.75 Å². The third-order valence-corrected chi connectivity index (χ3v) is 33.4. The van der Waals surface area contributed by atoms with Crippen LogP contribution in [0.2, 0.25) is 29.6 Å². The van der Waals surface area contributed by atoms with Crippen LogP contribution in [0.1, 0.15) is 218 Å². The number of fused-ring (bicyclic) bond motifs is 3. The Balaban J connectivity index is 1.54. The van der Waals surface area contributed by atoms with Crippen LogP contribution in [-0.4, -0.2) is 36.8 Å². The van der Waals surface area contributed by atoms with Gasteiger partial charge in [0.05, 0.1) is 0 Å². The van der Waals surface area contributed by atoms with E-state index in [1.807, 2.05) is 5.79 Å². The first kappa shape index (κ1) is 46.4. The molecule has 0 saturated carbocycles. The number of hydrogen-bond acceptors (Lipinski definition) is 2. The third-order valence-electron chi connectivity index (χ3n) is 12.1. The summed E-state index contributed by atoms with van der Waals surface area (Å²) in [6, 6.07) is 5.60. The maximum atomic E-state index is 2.80. The summed E-state index contributed by atoms with van der Waals surface area (Å²) in [5, 5.41) is 0. The second kappa shape index (κ2) is 25.3. The van der Waals surface area contributed by atoms with Gasteiger partial charge in [0.2, 0.25) is 0 Å². The molecule has 1 aliphatic carbocycles. The van der Waals surface area contributed by atoms with E-state index in [0.717, 1.165) is 0 Å². The van der Waals surface area contributed by atoms with E-state index in [-0.39, 0.29) is 0 Å². The fourth-order valence-electron chi connectivity index (χ4n) is 8.62. The molecule has 0 atom stereocenters. The van der Waals surface area contributed by atoms with Gasteiger partial charge in [-0.1, -0.05) is 104 Å². The molecule has 294 valence electrons. The second-order valence-corrected chi connectivity index (χ2v) is 51.9. The molecule has 0 nitrogen and oxygen atoms in total. The summed E-state index contributed by atoms with van der Waals surface area (Å²) >= 11 is 0.182. The standard InChI is InChI=1S/C41H68S2.6CH3.2Sn/c1-3-5-7-9-11-13-15-17-19-21-23-25-27-29-33-41(37-31-35-42-39(37)40-38(41)32-36-43-40)34-30-28-26-24-22-20-18-16-14-12-10-8-6-4-2;;;;;;;;/h31-32H,3-30,33-34H2,1-2H3;6*1H3;;. The van der Waals surface area contributed by atoms with Gasteiger partial charge < -0.3 is 0 Å². The predicted molar refractivity (Wildman–Crippen MR) is 244 cm³/mol. The van der Waals surface area contributed by atoms with E-state index in [0.29, 0.717) is 5.41 Å². The topological polar surface area (TPSA) is 0 Å². The molecule has 0 fully saturated rings. The van der Waals surface area contributed by atoms with E-state index in [2.05, 4.69) is 78.3 Å². The van der Waals surface area contributed by atoms with Gasteiger partial charge in [-0.05, 0) is 0 Å². The van der Waals surface area contributed by atoms with Crippen molar-refractivity contribution >= 4 is 65.2 Å². The molecule has 0 N–H and O–H groups in total. The number of rotatable bonds is 32. The first-order chi connectivity index (χ1) is 24.5. The zero-order chi connectivity index (χ0) is 37.0. The Bertz CT molecular complexity index is 1080. The molecule has 51 heavy (non-hydrogen) atoms.